The van der Waals surface area contributed by atoms with E-state index in [2.05, 4.69) is 15.6 Å². The summed E-state index contributed by atoms with van der Waals surface area (Å²) in [5.41, 5.74) is 0.153. The van der Waals surface area contributed by atoms with Crippen LogP contribution in [-0.2, 0) is 10.3 Å². The van der Waals surface area contributed by atoms with Crippen molar-refractivity contribution >= 4 is 23.5 Å². The zero-order valence-corrected chi connectivity index (χ0v) is 10.5. The minimum Gasteiger partial charge on any atom is -0.338 e. The number of amides is 1. The van der Waals surface area contributed by atoms with Gasteiger partial charge in [0.2, 0.25) is 0 Å². The zero-order chi connectivity index (χ0) is 12.5. The van der Waals surface area contributed by atoms with Crippen LogP contribution in [0.1, 0.15) is 18.9 Å². The summed E-state index contributed by atoms with van der Waals surface area (Å²) < 4.78 is 0. The van der Waals surface area contributed by atoms with E-state index >= 15 is 0 Å². The fourth-order valence-electron chi connectivity index (χ4n) is 2.01. The molecule has 0 spiro atoms. The third-order valence-electron chi connectivity index (χ3n) is 3.04. The van der Waals surface area contributed by atoms with Crippen LogP contribution in [0.3, 0.4) is 0 Å². The number of benzene rings is 1. The van der Waals surface area contributed by atoms with Crippen LogP contribution in [0, 0.1) is 0 Å². The predicted molar refractivity (Wildman–Crippen MR) is 68.1 cm³/mol. The fraction of sp³-hybridized carbons (Fsp3) is 0.333. The van der Waals surface area contributed by atoms with Gasteiger partial charge in [-0.3, -0.25) is 15.1 Å². The summed E-state index contributed by atoms with van der Waals surface area (Å²) in [6.45, 7) is 1.96. The maximum absolute atomic E-state index is 12.1. The first-order valence-electron chi connectivity index (χ1n) is 5.45. The van der Waals surface area contributed by atoms with Gasteiger partial charge in [0.25, 0.3) is 5.91 Å². The van der Waals surface area contributed by atoms with E-state index in [-0.39, 0.29) is 5.91 Å². The summed E-state index contributed by atoms with van der Waals surface area (Å²) in [7, 11) is 1.64. The number of carbonyl (C=O) groups excluding carboxylic acids is 1. The van der Waals surface area contributed by atoms with Crippen molar-refractivity contribution in [3.8, 4) is 0 Å². The van der Waals surface area contributed by atoms with Crippen molar-refractivity contribution in [1.29, 1.82) is 0 Å². The molecule has 1 fully saturated rings. The first-order chi connectivity index (χ1) is 8.12. The highest BCUT2D eigenvalue weighted by Gasteiger charge is 2.44. The number of carbonyl (C=O) groups is 1. The number of hydrogen-bond acceptors (Lipinski definition) is 2. The average molecular weight is 252 g/mol. The number of nitrogens with one attached hydrogen (secondary N) is 2. The van der Waals surface area contributed by atoms with E-state index in [0.717, 1.165) is 5.56 Å². The van der Waals surface area contributed by atoms with Crippen molar-refractivity contribution in [2.45, 2.75) is 18.9 Å². The lowest BCUT2D eigenvalue weighted by Gasteiger charge is -2.25. The van der Waals surface area contributed by atoms with E-state index in [9.17, 15) is 4.79 Å². The second-order valence-corrected chi connectivity index (χ2v) is 4.35. The molecule has 4 nitrogen and oxygen atoms in total. The molecular weight excluding hydrogens is 238 g/mol. The van der Waals surface area contributed by atoms with Crippen LogP contribution in [0.4, 0.5) is 0 Å². The molecule has 1 unspecified atom stereocenters. The van der Waals surface area contributed by atoms with Crippen LogP contribution in [0.2, 0.25) is 5.02 Å². The fourth-order valence-corrected chi connectivity index (χ4v) is 2.13. The molecule has 1 saturated heterocycles. The Kier molecular flexibility index (Phi) is 3.07. The van der Waals surface area contributed by atoms with Gasteiger partial charge in [-0.1, -0.05) is 30.7 Å². The molecule has 0 saturated carbocycles. The van der Waals surface area contributed by atoms with Gasteiger partial charge in [-0.15, -0.1) is 0 Å². The van der Waals surface area contributed by atoms with Gasteiger partial charge in [0.1, 0.15) is 5.54 Å². The van der Waals surface area contributed by atoms with Gasteiger partial charge >= 0.3 is 0 Å². The van der Waals surface area contributed by atoms with Crippen LogP contribution >= 0.6 is 11.6 Å². The Hall–Kier alpha value is -1.55. The van der Waals surface area contributed by atoms with Gasteiger partial charge in [0, 0.05) is 12.1 Å². The molecule has 17 heavy (non-hydrogen) atoms. The van der Waals surface area contributed by atoms with E-state index in [1.807, 2.05) is 19.1 Å². The summed E-state index contributed by atoms with van der Waals surface area (Å²) in [5.74, 6) is 0.426. The summed E-state index contributed by atoms with van der Waals surface area (Å²) in [5, 5.41) is 6.52. The molecule has 0 aliphatic carbocycles. The number of nitrogens with zero attached hydrogens (tertiary/aromatic N) is 1. The largest absolute Gasteiger partial charge is 0.338 e. The van der Waals surface area contributed by atoms with Crippen molar-refractivity contribution in [3.63, 3.8) is 0 Å². The van der Waals surface area contributed by atoms with E-state index in [4.69, 9.17) is 11.6 Å². The van der Waals surface area contributed by atoms with Gasteiger partial charge in [0.15, 0.2) is 5.96 Å². The number of aliphatic imine (C=N–C) groups is 1. The van der Waals surface area contributed by atoms with Crippen LogP contribution < -0.4 is 10.6 Å². The lowest BCUT2D eigenvalue weighted by atomic mass is 9.87. The second kappa shape index (κ2) is 4.37. The molecule has 2 rings (SSSR count). The monoisotopic (exact) mass is 251 g/mol. The third-order valence-corrected chi connectivity index (χ3v) is 3.29. The molecule has 1 aliphatic heterocycles. The quantitative estimate of drug-likeness (QED) is 0.840. The maximum Gasteiger partial charge on any atom is 0.257 e. The SMILES string of the molecule is CCC1(c2ccc(Cl)cc2)NC(=NC)NC1=O. The number of rotatable bonds is 2. The molecule has 5 heteroatoms. The number of halogens is 1. The van der Waals surface area contributed by atoms with E-state index in [0.29, 0.717) is 17.4 Å². The molecular formula is C12H14ClN3O. The molecule has 1 aromatic carbocycles. The minimum atomic E-state index is -0.737. The second-order valence-electron chi connectivity index (χ2n) is 3.92. The van der Waals surface area contributed by atoms with E-state index in [1.165, 1.54) is 0 Å². The molecule has 1 heterocycles. The van der Waals surface area contributed by atoms with Gasteiger partial charge in [-0.2, -0.15) is 0 Å². The van der Waals surface area contributed by atoms with E-state index < -0.39 is 5.54 Å². The Morgan fingerprint density at radius 2 is 2.00 bits per heavy atom. The highest BCUT2D eigenvalue weighted by atomic mass is 35.5. The summed E-state index contributed by atoms with van der Waals surface area (Å²) in [4.78, 5) is 16.1. The first kappa shape index (κ1) is 11.9. The van der Waals surface area contributed by atoms with Crippen molar-refractivity contribution in [1.82, 2.24) is 10.6 Å². The van der Waals surface area contributed by atoms with Crippen molar-refractivity contribution < 1.29 is 4.79 Å². The van der Waals surface area contributed by atoms with Crippen molar-refractivity contribution in [2.24, 2.45) is 4.99 Å². The lowest BCUT2D eigenvalue weighted by Crippen LogP contribution is -2.43. The Balaban J connectivity index is 2.45. The van der Waals surface area contributed by atoms with Crippen LogP contribution in [0.25, 0.3) is 0 Å². The molecule has 1 aromatic rings. The molecule has 1 aliphatic rings. The topological polar surface area (TPSA) is 53.5 Å². The lowest BCUT2D eigenvalue weighted by molar-refractivity contribution is -0.124. The minimum absolute atomic E-state index is 0.0806. The number of guanidine groups is 1. The third kappa shape index (κ3) is 1.89. The summed E-state index contributed by atoms with van der Waals surface area (Å²) >= 11 is 5.85. The van der Waals surface area contributed by atoms with Crippen molar-refractivity contribution in [2.75, 3.05) is 7.05 Å². The van der Waals surface area contributed by atoms with Crippen molar-refractivity contribution in [3.05, 3.63) is 34.9 Å². The Morgan fingerprint density at radius 3 is 2.47 bits per heavy atom. The Morgan fingerprint density at radius 1 is 1.35 bits per heavy atom. The molecule has 0 aromatic heterocycles. The average Bonchev–Trinajstić information content (AvgIpc) is 2.68. The van der Waals surface area contributed by atoms with Crippen LogP contribution in [-0.4, -0.2) is 18.9 Å². The van der Waals surface area contributed by atoms with Gasteiger partial charge in [0.05, 0.1) is 0 Å². The van der Waals surface area contributed by atoms with Crippen LogP contribution in [0.5, 0.6) is 0 Å². The normalized spacial score (nSPS) is 25.8. The van der Waals surface area contributed by atoms with Gasteiger partial charge in [-0.05, 0) is 24.1 Å². The Labute approximate surface area is 105 Å². The molecule has 90 valence electrons. The predicted octanol–water partition coefficient (Wildman–Crippen LogP) is 1.65. The maximum atomic E-state index is 12.1. The smallest absolute Gasteiger partial charge is 0.257 e. The van der Waals surface area contributed by atoms with Gasteiger partial charge in [-0.25, -0.2) is 0 Å². The summed E-state index contributed by atoms with van der Waals surface area (Å²) in [6.07, 6.45) is 0.638. The first-order valence-corrected chi connectivity index (χ1v) is 5.82. The molecule has 0 radical (unpaired) electrons. The standard InChI is InChI=1S/C12H14ClN3O/c1-3-12(8-4-6-9(13)7-5-8)10(17)15-11(14-2)16-12/h4-7H,3H2,1-2H3,(H2,14,15,16,17). The van der Waals surface area contributed by atoms with Crippen LogP contribution in [0.15, 0.2) is 29.3 Å². The molecule has 1 amide bonds. The summed E-state index contributed by atoms with van der Waals surface area (Å²) in [6, 6.07) is 7.28. The Bertz CT molecular complexity index is 469. The number of hydrogen-bond donors (Lipinski definition) is 2. The van der Waals surface area contributed by atoms with E-state index in [1.54, 1.807) is 19.2 Å². The molecule has 2 N–H and O–H groups in total. The zero-order valence-electron chi connectivity index (χ0n) is 9.75. The molecule has 0 bridgehead atoms. The highest BCUT2D eigenvalue weighted by Crippen LogP contribution is 2.29. The highest BCUT2D eigenvalue weighted by molar-refractivity contribution is 6.30. The molecule has 1 atom stereocenters. The van der Waals surface area contributed by atoms with Gasteiger partial charge < -0.3 is 5.32 Å².